The number of rotatable bonds is 10. The molecule has 230 valence electrons. The van der Waals surface area contributed by atoms with E-state index < -0.39 is 6.17 Å². The normalized spacial score (nSPS) is 22.9. The number of anilines is 1. The molecule has 0 saturated carbocycles. The lowest BCUT2D eigenvalue weighted by atomic mass is 9.83. The molecule has 9 heteroatoms. The Morgan fingerprint density at radius 2 is 1.74 bits per heavy atom. The van der Waals surface area contributed by atoms with Crippen LogP contribution in [-0.4, -0.2) is 85.9 Å². The Kier molecular flexibility index (Phi) is 8.61. The van der Waals surface area contributed by atoms with Gasteiger partial charge in [-0.05, 0) is 75.7 Å². The van der Waals surface area contributed by atoms with Crippen LogP contribution in [0.3, 0.4) is 0 Å². The summed E-state index contributed by atoms with van der Waals surface area (Å²) in [6.07, 6.45) is 8.63. The second-order valence-electron chi connectivity index (χ2n) is 12.4. The zero-order valence-corrected chi connectivity index (χ0v) is 25.7. The second-order valence-corrected chi connectivity index (χ2v) is 12.4. The molecule has 1 unspecified atom stereocenters. The number of methoxy groups -OCH3 is 2. The van der Waals surface area contributed by atoms with Crippen LogP contribution in [0.2, 0.25) is 0 Å². The van der Waals surface area contributed by atoms with Crippen LogP contribution in [0.1, 0.15) is 90.2 Å². The lowest BCUT2D eigenvalue weighted by Crippen LogP contribution is -2.51. The molecule has 0 N–H and O–H groups in total. The van der Waals surface area contributed by atoms with Crippen molar-refractivity contribution >= 4 is 23.4 Å². The summed E-state index contributed by atoms with van der Waals surface area (Å²) in [7, 11) is 5.03. The summed E-state index contributed by atoms with van der Waals surface area (Å²) in [6, 6.07) is 11.6. The van der Waals surface area contributed by atoms with Gasteiger partial charge in [-0.15, -0.1) is 0 Å². The molecule has 3 amide bonds. The van der Waals surface area contributed by atoms with Crippen LogP contribution in [0.4, 0.5) is 5.69 Å². The molecule has 0 radical (unpaired) electrons. The number of ether oxygens (including phenoxy) is 2. The van der Waals surface area contributed by atoms with Crippen LogP contribution in [0.25, 0.3) is 0 Å². The minimum atomic E-state index is -0.549. The average Bonchev–Trinajstić information content (AvgIpc) is 3.33. The van der Waals surface area contributed by atoms with Crippen LogP contribution in [0.15, 0.2) is 36.4 Å². The minimum Gasteiger partial charge on any atom is -0.493 e. The fraction of sp³-hybridized carbons (Fsp3) is 0.559. The molecule has 2 aromatic carbocycles. The van der Waals surface area contributed by atoms with Gasteiger partial charge in [0.05, 0.1) is 31.0 Å². The van der Waals surface area contributed by atoms with Crippen molar-refractivity contribution in [2.75, 3.05) is 52.3 Å². The highest BCUT2D eigenvalue weighted by atomic mass is 16.5. The molecule has 0 aromatic heterocycles. The van der Waals surface area contributed by atoms with Crippen molar-refractivity contribution in [2.24, 2.45) is 5.92 Å². The van der Waals surface area contributed by atoms with Crippen LogP contribution in [-0.2, 0) is 4.79 Å². The van der Waals surface area contributed by atoms with Gasteiger partial charge >= 0.3 is 0 Å². The number of unbranched alkanes of at least 4 members (excludes halogenated alkanes) is 2. The van der Waals surface area contributed by atoms with E-state index in [1.807, 2.05) is 36.2 Å². The highest BCUT2D eigenvalue weighted by Crippen LogP contribution is 2.49. The summed E-state index contributed by atoms with van der Waals surface area (Å²) in [5, 5.41) is 0. The van der Waals surface area contributed by atoms with Gasteiger partial charge in [-0.3, -0.25) is 19.3 Å². The predicted octanol–water partition coefficient (Wildman–Crippen LogP) is 5.10. The quantitative estimate of drug-likeness (QED) is 0.359. The third-order valence-electron chi connectivity index (χ3n) is 9.94. The van der Waals surface area contributed by atoms with E-state index >= 15 is 0 Å². The number of fused-ring (bicyclic) bond motifs is 6. The molecule has 4 aliphatic rings. The molecular weight excluding hydrogens is 544 g/mol. The Morgan fingerprint density at radius 3 is 2.56 bits per heavy atom. The van der Waals surface area contributed by atoms with Gasteiger partial charge in [0, 0.05) is 38.2 Å². The summed E-state index contributed by atoms with van der Waals surface area (Å²) in [5.41, 5.74) is 2.30. The summed E-state index contributed by atoms with van der Waals surface area (Å²) in [6.45, 7) is 3.76. The van der Waals surface area contributed by atoms with Gasteiger partial charge in [0.1, 0.15) is 6.17 Å². The summed E-state index contributed by atoms with van der Waals surface area (Å²) >= 11 is 0. The van der Waals surface area contributed by atoms with Crippen LogP contribution < -0.4 is 14.4 Å². The summed E-state index contributed by atoms with van der Waals surface area (Å²) in [4.78, 5) is 48.8. The molecule has 9 nitrogen and oxygen atoms in total. The highest BCUT2D eigenvalue weighted by molar-refractivity contribution is 6.18. The first-order valence-electron chi connectivity index (χ1n) is 15.9. The molecule has 2 saturated heterocycles. The number of benzene rings is 2. The van der Waals surface area contributed by atoms with Crippen molar-refractivity contribution < 1.29 is 23.9 Å². The van der Waals surface area contributed by atoms with E-state index in [9.17, 15) is 14.4 Å². The van der Waals surface area contributed by atoms with Gasteiger partial charge < -0.3 is 24.2 Å². The largest absolute Gasteiger partial charge is 0.493 e. The number of nitrogens with zero attached hydrogens (tertiary/aromatic N) is 4. The van der Waals surface area contributed by atoms with Crippen molar-refractivity contribution in [3.63, 3.8) is 0 Å². The second kappa shape index (κ2) is 12.6. The van der Waals surface area contributed by atoms with Crippen molar-refractivity contribution in [1.82, 2.24) is 14.7 Å². The number of hydrogen-bond donors (Lipinski definition) is 0. The number of amides is 3. The van der Waals surface area contributed by atoms with Crippen LogP contribution >= 0.6 is 0 Å². The van der Waals surface area contributed by atoms with E-state index in [0.29, 0.717) is 53.2 Å². The molecule has 0 spiro atoms. The van der Waals surface area contributed by atoms with Gasteiger partial charge in [-0.2, -0.15) is 0 Å². The lowest BCUT2D eigenvalue weighted by molar-refractivity contribution is -0.131. The zero-order valence-electron chi connectivity index (χ0n) is 25.7. The topological polar surface area (TPSA) is 82.6 Å². The Balaban J connectivity index is 1.09. The Morgan fingerprint density at radius 1 is 0.930 bits per heavy atom. The first-order chi connectivity index (χ1) is 20.9. The predicted molar refractivity (Wildman–Crippen MR) is 165 cm³/mol. The lowest BCUT2D eigenvalue weighted by Gasteiger charge is -2.45. The maximum Gasteiger partial charge on any atom is 0.264 e. The fourth-order valence-electron chi connectivity index (χ4n) is 7.82. The van der Waals surface area contributed by atoms with Gasteiger partial charge in [0.15, 0.2) is 11.5 Å². The summed E-state index contributed by atoms with van der Waals surface area (Å²) in [5.74, 6) is 1.36. The average molecular weight is 589 g/mol. The molecule has 43 heavy (non-hydrogen) atoms. The molecule has 2 aromatic rings. The highest BCUT2D eigenvalue weighted by Gasteiger charge is 2.49. The van der Waals surface area contributed by atoms with Crippen molar-refractivity contribution in [1.29, 1.82) is 0 Å². The molecule has 0 bridgehead atoms. The molecular formula is C34H44N4O5. The molecule has 2 fully saturated rings. The third-order valence-corrected chi connectivity index (χ3v) is 9.94. The van der Waals surface area contributed by atoms with E-state index in [0.717, 1.165) is 31.4 Å². The number of para-hydroxylation sites is 1. The smallest absolute Gasteiger partial charge is 0.264 e. The molecule has 3 atom stereocenters. The monoisotopic (exact) mass is 588 g/mol. The maximum atomic E-state index is 13.8. The van der Waals surface area contributed by atoms with Gasteiger partial charge in [-0.1, -0.05) is 31.0 Å². The Hall–Kier alpha value is -3.59. The van der Waals surface area contributed by atoms with Crippen molar-refractivity contribution in [3.8, 4) is 11.5 Å². The molecule has 4 aliphatic heterocycles. The molecule has 6 rings (SSSR count). The van der Waals surface area contributed by atoms with E-state index in [4.69, 9.17) is 9.47 Å². The summed E-state index contributed by atoms with van der Waals surface area (Å²) < 4.78 is 11.1. The van der Waals surface area contributed by atoms with Crippen LogP contribution in [0.5, 0.6) is 11.5 Å². The van der Waals surface area contributed by atoms with Crippen molar-refractivity contribution in [2.45, 2.75) is 70.0 Å². The number of carbonyl (C=O) groups excluding carboxylic acids is 3. The number of hydrogen-bond acceptors (Lipinski definition) is 6. The van der Waals surface area contributed by atoms with Gasteiger partial charge in [0.2, 0.25) is 5.91 Å². The molecule has 4 heterocycles. The Bertz CT molecular complexity index is 1380. The van der Waals surface area contributed by atoms with E-state index in [2.05, 4.69) is 4.90 Å². The van der Waals surface area contributed by atoms with Gasteiger partial charge in [0.25, 0.3) is 11.8 Å². The van der Waals surface area contributed by atoms with Crippen LogP contribution in [0, 0.1) is 5.92 Å². The maximum absolute atomic E-state index is 13.8. The van der Waals surface area contributed by atoms with Crippen molar-refractivity contribution in [3.05, 3.63) is 53.1 Å². The zero-order chi connectivity index (χ0) is 30.1. The Labute approximate surface area is 254 Å². The molecule has 0 aliphatic carbocycles. The number of piperidine rings is 2. The minimum absolute atomic E-state index is 0.0904. The fourth-order valence-corrected chi connectivity index (χ4v) is 7.82. The van der Waals surface area contributed by atoms with Gasteiger partial charge in [-0.25, -0.2) is 0 Å². The third kappa shape index (κ3) is 5.37. The first kappa shape index (κ1) is 29.5. The van der Waals surface area contributed by atoms with E-state index in [1.165, 1.54) is 52.3 Å². The standard InChI is InChI=1S/C34H44N4O5/c1-35(22-23-12-11-20-36-19-10-8-14-26(23)36)29(39)16-5-4-9-21-37-32-25-17-18-28(42-2)31(43-3)30(25)34(41)38(32)27-15-7-6-13-24(27)33(37)40/h6-7,13,15,17-18,23,26,32H,4-5,8-12,14,16,19-22H2,1-3H3/t23-,26+,32?/m0/s1. The SMILES string of the molecule is COc1ccc2c(c1OC)C(=O)N1c3ccccc3C(=O)N(CCCCCC(=O)N(C)C[C@@H]3CCCN4CCCC[C@H]34)C21. The van der Waals surface area contributed by atoms with E-state index in [-0.39, 0.29) is 17.7 Å². The van der Waals surface area contributed by atoms with E-state index in [1.54, 1.807) is 29.0 Å². The number of carbonyl (C=O) groups is 3. The first-order valence-corrected chi connectivity index (χ1v) is 15.9.